The number of primary amides is 1. The Morgan fingerprint density at radius 1 is 1.37 bits per heavy atom. The fourth-order valence-corrected chi connectivity index (χ4v) is 2.75. The Labute approximate surface area is 113 Å². The first-order valence-electron chi connectivity index (χ1n) is 5.77. The third kappa shape index (κ3) is 2.58. The largest absolute Gasteiger partial charge is 0.477 e. The third-order valence-corrected chi connectivity index (χ3v) is 4.01. The molecule has 1 aliphatic rings. The summed E-state index contributed by atoms with van der Waals surface area (Å²) in [7, 11) is 0. The maximum atomic E-state index is 12.0. The van der Waals surface area contributed by atoms with E-state index in [9.17, 15) is 14.4 Å². The Hall–Kier alpha value is -1.96. The highest BCUT2D eigenvalue weighted by Crippen LogP contribution is 2.29. The molecule has 1 aromatic heterocycles. The lowest BCUT2D eigenvalue weighted by Crippen LogP contribution is -2.55. The SMILES string of the molecule is NC(=O)C1(NC(=O)c2cc(C(=O)O)sn2)CCCC1. The lowest BCUT2D eigenvalue weighted by Gasteiger charge is -2.25. The molecule has 1 aliphatic carbocycles. The molecule has 0 spiro atoms. The summed E-state index contributed by atoms with van der Waals surface area (Å²) in [6.07, 6.45) is 2.65. The third-order valence-electron chi connectivity index (χ3n) is 3.24. The number of nitrogens with two attached hydrogens (primary N) is 1. The molecule has 0 saturated heterocycles. The van der Waals surface area contributed by atoms with Crippen LogP contribution in [0.5, 0.6) is 0 Å². The number of carboxylic acids is 1. The maximum Gasteiger partial charge on any atom is 0.347 e. The van der Waals surface area contributed by atoms with E-state index in [0.717, 1.165) is 24.4 Å². The number of amides is 2. The molecule has 2 amide bonds. The molecule has 0 aliphatic heterocycles. The second-order valence-corrected chi connectivity index (χ2v) is 5.29. The van der Waals surface area contributed by atoms with Crippen LogP contribution in [0, 0.1) is 0 Å². The van der Waals surface area contributed by atoms with Crippen molar-refractivity contribution < 1.29 is 19.5 Å². The molecular weight excluding hydrogens is 270 g/mol. The number of carbonyl (C=O) groups excluding carboxylic acids is 2. The molecule has 4 N–H and O–H groups in total. The zero-order chi connectivity index (χ0) is 14.0. The average molecular weight is 283 g/mol. The van der Waals surface area contributed by atoms with E-state index in [4.69, 9.17) is 10.8 Å². The van der Waals surface area contributed by atoms with Gasteiger partial charge in [-0.05, 0) is 30.4 Å². The molecule has 1 fully saturated rings. The zero-order valence-corrected chi connectivity index (χ0v) is 10.8. The normalized spacial score (nSPS) is 17.1. The number of carboxylic acid groups (broad SMARTS) is 1. The van der Waals surface area contributed by atoms with Gasteiger partial charge in [0.25, 0.3) is 5.91 Å². The van der Waals surface area contributed by atoms with Gasteiger partial charge in [-0.15, -0.1) is 0 Å². The van der Waals surface area contributed by atoms with Crippen molar-refractivity contribution in [2.75, 3.05) is 0 Å². The zero-order valence-electron chi connectivity index (χ0n) is 10.0. The number of rotatable bonds is 4. The topological polar surface area (TPSA) is 122 Å². The van der Waals surface area contributed by atoms with Gasteiger partial charge in [0, 0.05) is 0 Å². The number of nitrogens with one attached hydrogen (secondary N) is 1. The number of hydrogen-bond acceptors (Lipinski definition) is 5. The predicted octanol–water partition coefficient (Wildman–Crippen LogP) is 0.369. The minimum absolute atomic E-state index is 0.00470. The smallest absolute Gasteiger partial charge is 0.347 e. The Morgan fingerprint density at radius 3 is 2.47 bits per heavy atom. The van der Waals surface area contributed by atoms with E-state index in [-0.39, 0.29) is 10.6 Å². The van der Waals surface area contributed by atoms with E-state index in [1.165, 1.54) is 6.07 Å². The van der Waals surface area contributed by atoms with Gasteiger partial charge in [0.2, 0.25) is 5.91 Å². The van der Waals surface area contributed by atoms with Crippen molar-refractivity contribution in [3.8, 4) is 0 Å². The van der Waals surface area contributed by atoms with Crippen molar-refractivity contribution in [3.05, 3.63) is 16.6 Å². The van der Waals surface area contributed by atoms with Gasteiger partial charge in [0.15, 0.2) is 0 Å². The van der Waals surface area contributed by atoms with Crippen molar-refractivity contribution in [2.24, 2.45) is 5.73 Å². The quantitative estimate of drug-likeness (QED) is 0.736. The lowest BCUT2D eigenvalue weighted by atomic mass is 9.96. The summed E-state index contributed by atoms with van der Waals surface area (Å²) < 4.78 is 3.77. The Balaban J connectivity index is 2.15. The van der Waals surface area contributed by atoms with E-state index in [1.54, 1.807) is 0 Å². The highest BCUT2D eigenvalue weighted by Gasteiger charge is 2.41. The molecule has 0 radical (unpaired) electrons. The first-order valence-corrected chi connectivity index (χ1v) is 6.54. The predicted molar refractivity (Wildman–Crippen MR) is 66.9 cm³/mol. The van der Waals surface area contributed by atoms with Crippen molar-refractivity contribution in [3.63, 3.8) is 0 Å². The molecule has 8 heteroatoms. The molecular formula is C11H13N3O4S. The summed E-state index contributed by atoms with van der Waals surface area (Å²) >= 11 is 0.725. The second kappa shape index (κ2) is 4.96. The van der Waals surface area contributed by atoms with Crippen molar-refractivity contribution >= 4 is 29.3 Å². The summed E-state index contributed by atoms with van der Waals surface area (Å²) in [6, 6.07) is 1.19. The van der Waals surface area contributed by atoms with Crippen LogP contribution >= 0.6 is 11.5 Å². The fraction of sp³-hybridized carbons (Fsp3) is 0.455. The number of hydrogen-bond donors (Lipinski definition) is 3. The molecule has 102 valence electrons. The first kappa shape index (κ1) is 13.5. The number of nitrogens with zero attached hydrogens (tertiary/aromatic N) is 1. The highest BCUT2D eigenvalue weighted by molar-refractivity contribution is 7.08. The molecule has 1 heterocycles. The van der Waals surface area contributed by atoms with Gasteiger partial charge in [-0.1, -0.05) is 12.8 Å². The van der Waals surface area contributed by atoms with E-state index >= 15 is 0 Å². The number of carbonyl (C=O) groups is 3. The Morgan fingerprint density at radius 2 is 2.00 bits per heavy atom. The van der Waals surface area contributed by atoms with E-state index < -0.39 is 23.3 Å². The summed E-state index contributed by atoms with van der Waals surface area (Å²) in [5, 5.41) is 11.4. The standard InChI is InChI=1S/C11H13N3O4S/c12-10(18)11(3-1-2-4-11)13-8(15)6-5-7(9(16)17)19-14-6/h5H,1-4H2,(H2,12,18)(H,13,15)(H,16,17). The summed E-state index contributed by atoms with van der Waals surface area (Å²) in [5.74, 6) is -2.27. The van der Waals surface area contributed by atoms with Gasteiger partial charge >= 0.3 is 5.97 Å². The fourth-order valence-electron chi connectivity index (χ4n) is 2.18. The van der Waals surface area contributed by atoms with Gasteiger partial charge in [0.05, 0.1) is 0 Å². The van der Waals surface area contributed by atoms with Crippen LogP contribution in [-0.4, -0.2) is 32.8 Å². The summed E-state index contributed by atoms with van der Waals surface area (Å²) in [5.41, 5.74) is 4.32. The molecule has 2 rings (SSSR count). The molecule has 0 bridgehead atoms. The summed E-state index contributed by atoms with van der Waals surface area (Å²) in [6.45, 7) is 0. The molecule has 0 atom stereocenters. The van der Waals surface area contributed by atoms with Crippen LogP contribution < -0.4 is 11.1 Å². The van der Waals surface area contributed by atoms with Gasteiger partial charge < -0.3 is 16.2 Å². The Kier molecular flexibility index (Phi) is 3.52. The van der Waals surface area contributed by atoms with Crippen molar-refractivity contribution in [2.45, 2.75) is 31.2 Å². The molecule has 19 heavy (non-hydrogen) atoms. The van der Waals surface area contributed by atoms with Crippen LogP contribution in [0.15, 0.2) is 6.07 Å². The van der Waals surface area contributed by atoms with E-state index in [1.807, 2.05) is 0 Å². The molecule has 1 saturated carbocycles. The van der Waals surface area contributed by atoms with Crippen molar-refractivity contribution in [1.82, 2.24) is 9.69 Å². The monoisotopic (exact) mass is 283 g/mol. The van der Waals surface area contributed by atoms with Crippen LogP contribution in [0.25, 0.3) is 0 Å². The highest BCUT2D eigenvalue weighted by atomic mass is 32.1. The van der Waals surface area contributed by atoms with Gasteiger partial charge in [-0.2, -0.15) is 4.37 Å². The van der Waals surface area contributed by atoms with E-state index in [2.05, 4.69) is 9.69 Å². The maximum absolute atomic E-state index is 12.0. The van der Waals surface area contributed by atoms with Gasteiger partial charge in [0.1, 0.15) is 16.1 Å². The molecule has 7 nitrogen and oxygen atoms in total. The molecule has 0 aromatic carbocycles. The van der Waals surface area contributed by atoms with Crippen LogP contribution in [0.4, 0.5) is 0 Å². The minimum atomic E-state index is -1.14. The van der Waals surface area contributed by atoms with Crippen LogP contribution in [0.2, 0.25) is 0 Å². The first-order chi connectivity index (χ1) is 8.94. The number of aromatic nitrogens is 1. The van der Waals surface area contributed by atoms with E-state index in [0.29, 0.717) is 12.8 Å². The Bertz CT molecular complexity index is 534. The minimum Gasteiger partial charge on any atom is -0.477 e. The van der Waals surface area contributed by atoms with Gasteiger partial charge in [-0.3, -0.25) is 9.59 Å². The van der Waals surface area contributed by atoms with Crippen LogP contribution in [-0.2, 0) is 4.79 Å². The lowest BCUT2D eigenvalue weighted by molar-refractivity contribution is -0.123. The van der Waals surface area contributed by atoms with Crippen LogP contribution in [0.3, 0.4) is 0 Å². The molecule has 0 unspecified atom stereocenters. The second-order valence-electron chi connectivity index (χ2n) is 4.49. The van der Waals surface area contributed by atoms with Gasteiger partial charge in [-0.25, -0.2) is 4.79 Å². The van der Waals surface area contributed by atoms with Crippen molar-refractivity contribution in [1.29, 1.82) is 0 Å². The number of aromatic carboxylic acids is 1. The van der Waals surface area contributed by atoms with Crippen LogP contribution in [0.1, 0.15) is 45.8 Å². The molecule has 1 aromatic rings. The summed E-state index contributed by atoms with van der Waals surface area (Å²) in [4.78, 5) is 34.2. The average Bonchev–Trinajstić information content (AvgIpc) is 2.97.